The molecular weight excluding hydrogens is 374 g/mol. The van der Waals surface area contributed by atoms with Gasteiger partial charge >= 0.3 is 0 Å². The molecule has 0 radical (unpaired) electrons. The van der Waals surface area contributed by atoms with Crippen molar-refractivity contribution in [2.24, 2.45) is 27.8 Å². The normalized spacial score (nSPS) is 45.3. The summed E-state index contributed by atoms with van der Waals surface area (Å²) in [4.78, 5) is 19.8. The number of fused-ring (bicyclic) bond motifs is 3. The average molecular weight is 404 g/mol. The number of hydrogen-bond acceptors (Lipinski definition) is 4. The van der Waals surface area contributed by atoms with Crippen molar-refractivity contribution in [1.82, 2.24) is 0 Å². The van der Waals surface area contributed by atoms with Crippen molar-refractivity contribution < 1.29 is 14.4 Å². The van der Waals surface area contributed by atoms with Crippen LogP contribution in [0.1, 0.15) is 51.5 Å². The van der Waals surface area contributed by atoms with E-state index < -0.39 is 5.60 Å². The Labute approximate surface area is 178 Å². The van der Waals surface area contributed by atoms with Crippen LogP contribution in [0.2, 0.25) is 0 Å². The maximum absolute atomic E-state index is 13.6. The van der Waals surface area contributed by atoms with Crippen molar-refractivity contribution in [3.63, 3.8) is 0 Å². The van der Waals surface area contributed by atoms with E-state index in [4.69, 9.17) is 9.57 Å². The second kappa shape index (κ2) is 5.66. The highest BCUT2D eigenvalue weighted by atomic mass is 16.7. The number of nitrogens with zero attached hydrogens (tertiary/aromatic N) is 1. The Bertz CT molecular complexity index is 1020. The minimum atomic E-state index is -0.500. The zero-order valence-corrected chi connectivity index (χ0v) is 18.0. The molecule has 30 heavy (non-hydrogen) atoms. The van der Waals surface area contributed by atoms with Crippen LogP contribution in [0, 0.1) is 22.7 Å². The van der Waals surface area contributed by atoms with E-state index in [0.717, 1.165) is 30.7 Å². The molecule has 2 saturated carbocycles. The number of rotatable bonds is 2. The fraction of sp³-hybridized carbons (Fsp3) is 0.538. The Balaban J connectivity index is 1.61. The van der Waals surface area contributed by atoms with Gasteiger partial charge in [0.1, 0.15) is 5.75 Å². The molecule has 2 unspecified atom stereocenters. The van der Waals surface area contributed by atoms with Gasteiger partial charge in [0, 0.05) is 29.1 Å². The van der Waals surface area contributed by atoms with Gasteiger partial charge in [-0.1, -0.05) is 49.2 Å². The number of carbonyl (C=O) groups excluding carboxylic acids is 1. The third-order valence-corrected chi connectivity index (χ3v) is 9.31. The van der Waals surface area contributed by atoms with Crippen LogP contribution in [0.25, 0.3) is 0 Å². The number of allylic oxidation sites excluding steroid dienone is 3. The van der Waals surface area contributed by atoms with Crippen LogP contribution in [0.3, 0.4) is 0 Å². The first-order chi connectivity index (χ1) is 14.4. The van der Waals surface area contributed by atoms with Crippen LogP contribution in [0.4, 0.5) is 0 Å². The van der Waals surface area contributed by atoms with Crippen molar-refractivity contribution >= 4 is 11.5 Å². The Morgan fingerprint density at radius 1 is 1.10 bits per heavy atom. The molecule has 2 bridgehead atoms. The van der Waals surface area contributed by atoms with Gasteiger partial charge in [0.05, 0.1) is 12.8 Å². The number of ether oxygens (including phenoxy) is 1. The van der Waals surface area contributed by atoms with E-state index in [0.29, 0.717) is 0 Å². The van der Waals surface area contributed by atoms with Gasteiger partial charge in [0.15, 0.2) is 11.4 Å². The molecule has 1 aromatic rings. The minimum absolute atomic E-state index is 0.0172. The lowest BCUT2D eigenvalue weighted by molar-refractivity contribution is -0.133. The van der Waals surface area contributed by atoms with Crippen LogP contribution in [-0.4, -0.2) is 24.2 Å². The van der Waals surface area contributed by atoms with Crippen molar-refractivity contribution in [2.75, 3.05) is 7.11 Å². The van der Waals surface area contributed by atoms with Gasteiger partial charge in [-0.05, 0) is 55.0 Å². The first-order valence-corrected chi connectivity index (χ1v) is 11.2. The van der Waals surface area contributed by atoms with Crippen molar-refractivity contribution in [3.8, 4) is 5.75 Å². The minimum Gasteiger partial charge on any atom is -0.497 e. The zero-order chi connectivity index (χ0) is 20.8. The molecule has 0 saturated heterocycles. The number of methoxy groups -OCH3 is 1. The number of ketones is 1. The Kier molecular flexibility index (Phi) is 3.47. The Morgan fingerprint density at radius 2 is 1.87 bits per heavy atom. The van der Waals surface area contributed by atoms with Crippen LogP contribution < -0.4 is 4.74 Å². The molecule has 0 amide bonds. The smallest absolute Gasteiger partial charge is 0.165 e. The molecule has 1 aromatic carbocycles. The number of oxime groups is 1. The predicted octanol–water partition coefficient (Wildman–Crippen LogP) is 4.99. The molecule has 156 valence electrons. The number of hydrogen-bond donors (Lipinski definition) is 0. The third kappa shape index (κ3) is 1.81. The summed E-state index contributed by atoms with van der Waals surface area (Å²) in [7, 11) is 1.70. The molecule has 5 aliphatic rings. The predicted molar refractivity (Wildman–Crippen MR) is 115 cm³/mol. The molecular formula is C26H29NO3. The van der Waals surface area contributed by atoms with E-state index in [1.807, 2.05) is 25.1 Å². The molecule has 2 fully saturated rings. The quantitative estimate of drug-likeness (QED) is 0.654. The summed E-state index contributed by atoms with van der Waals surface area (Å²) in [6, 6.07) is 8.43. The standard InChI is InChI=1S/C26H29NO3/c1-17-16-25(30-27-17)13-10-20(28)21-22(25)24-12-5-4-11-23(24,2)26(21,15-14-24)18-6-8-19(29-3)9-7-18/h6-10,13-15,21-22H,4-5,11-12,16H2,1-3H3/t21?,22?,23-,24-,25+,26+/m0/s1. The van der Waals surface area contributed by atoms with Crippen molar-refractivity contribution in [1.29, 1.82) is 0 Å². The molecule has 1 heterocycles. The zero-order valence-electron chi connectivity index (χ0n) is 18.0. The van der Waals surface area contributed by atoms with E-state index in [9.17, 15) is 4.79 Å². The van der Waals surface area contributed by atoms with Gasteiger partial charge in [-0.3, -0.25) is 4.79 Å². The summed E-state index contributed by atoms with van der Waals surface area (Å²) >= 11 is 0. The average Bonchev–Trinajstić information content (AvgIpc) is 3.33. The molecule has 1 spiro atoms. The summed E-state index contributed by atoms with van der Waals surface area (Å²) in [5, 5.41) is 4.37. The Morgan fingerprint density at radius 3 is 2.57 bits per heavy atom. The molecule has 0 N–H and O–H groups in total. The first-order valence-electron chi connectivity index (χ1n) is 11.2. The van der Waals surface area contributed by atoms with Gasteiger partial charge in [0.2, 0.25) is 0 Å². The molecule has 6 atom stereocenters. The van der Waals surface area contributed by atoms with Gasteiger partial charge in [-0.15, -0.1) is 0 Å². The van der Waals surface area contributed by atoms with Gasteiger partial charge in [-0.25, -0.2) is 0 Å². The molecule has 4 nitrogen and oxygen atoms in total. The monoisotopic (exact) mass is 403 g/mol. The van der Waals surface area contributed by atoms with Gasteiger partial charge in [0.25, 0.3) is 0 Å². The lowest BCUT2D eigenvalue weighted by Gasteiger charge is -2.52. The fourth-order valence-corrected chi connectivity index (χ4v) is 8.22. The van der Waals surface area contributed by atoms with E-state index in [1.165, 1.54) is 18.4 Å². The number of benzene rings is 1. The van der Waals surface area contributed by atoms with Crippen molar-refractivity contribution in [2.45, 2.75) is 57.0 Å². The van der Waals surface area contributed by atoms with E-state index in [-0.39, 0.29) is 33.9 Å². The molecule has 0 aromatic heterocycles. The lowest BCUT2D eigenvalue weighted by atomic mass is 9.52. The highest BCUT2D eigenvalue weighted by Gasteiger charge is 2.81. The van der Waals surface area contributed by atoms with Crippen molar-refractivity contribution in [3.05, 3.63) is 54.1 Å². The topological polar surface area (TPSA) is 47.9 Å². The lowest BCUT2D eigenvalue weighted by Crippen LogP contribution is -2.53. The van der Waals surface area contributed by atoms with Gasteiger partial charge in [-0.2, -0.15) is 0 Å². The summed E-state index contributed by atoms with van der Waals surface area (Å²) in [6.45, 7) is 4.48. The summed E-state index contributed by atoms with van der Waals surface area (Å²) in [5.41, 5.74) is 1.37. The van der Waals surface area contributed by atoms with Crippen LogP contribution in [-0.2, 0) is 15.0 Å². The van der Waals surface area contributed by atoms with Crippen LogP contribution in [0.15, 0.2) is 53.7 Å². The maximum atomic E-state index is 13.6. The van der Waals surface area contributed by atoms with E-state index in [1.54, 1.807) is 13.2 Å². The highest BCUT2D eigenvalue weighted by molar-refractivity contribution is 5.97. The maximum Gasteiger partial charge on any atom is 0.165 e. The summed E-state index contributed by atoms with van der Waals surface area (Å²) in [6.07, 6.45) is 14.1. The molecule has 6 rings (SSSR count). The van der Waals surface area contributed by atoms with E-state index in [2.05, 4.69) is 36.4 Å². The fourth-order valence-electron chi connectivity index (χ4n) is 8.22. The first kappa shape index (κ1) is 18.4. The van der Waals surface area contributed by atoms with Crippen LogP contribution in [0.5, 0.6) is 5.75 Å². The third-order valence-electron chi connectivity index (χ3n) is 9.31. The highest BCUT2D eigenvalue weighted by Crippen LogP contribution is 2.80. The molecule has 4 heteroatoms. The SMILES string of the molecule is COc1ccc([C@@]23C=C[C@@]4(CCCC[C@@]42C)C2C3C(=O)C=C[C@@]23CC(C)=NO3)cc1. The van der Waals surface area contributed by atoms with Gasteiger partial charge < -0.3 is 9.57 Å². The number of carbonyl (C=O) groups is 1. The Hall–Kier alpha value is -2.36. The summed E-state index contributed by atoms with van der Waals surface area (Å²) < 4.78 is 5.42. The second-order valence-electron chi connectivity index (χ2n) is 10.3. The van der Waals surface area contributed by atoms with E-state index >= 15 is 0 Å². The van der Waals surface area contributed by atoms with Crippen LogP contribution >= 0.6 is 0 Å². The second-order valence-corrected chi connectivity index (χ2v) is 10.3. The molecule has 4 aliphatic carbocycles. The summed E-state index contributed by atoms with van der Waals surface area (Å²) in [5.74, 6) is 1.08. The largest absolute Gasteiger partial charge is 0.497 e. The molecule has 1 aliphatic heterocycles.